The maximum atomic E-state index is 13.4. The molecule has 0 saturated carbocycles. The topological polar surface area (TPSA) is 49.7 Å². The number of phenolic OH excluding ortho intramolecular Hbond substituents is 1. The van der Waals surface area contributed by atoms with Crippen molar-refractivity contribution >= 4 is 34.7 Å². The van der Waals surface area contributed by atoms with E-state index in [1.165, 1.54) is 12.1 Å². The lowest BCUT2D eigenvalue weighted by Crippen LogP contribution is -2.23. The van der Waals surface area contributed by atoms with E-state index in [0.29, 0.717) is 21.9 Å². The number of aryl methyl sites for hydroxylation is 1. The normalized spacial score (nSPS) is 16.1. The summed E-state index contributed by atoms with van der Waals surface area (Å²) in [5.74, 6) is -0.295. The van der Waals surface area contributed by atoms with Crippen LogP contribution in [0.15, 0.2) is 59.6 Å². The molecule has 1 heterocycles. The minimum Gasteiger partial charge on any atom is -0.508 e. The molecule has 1 N–H and O–H groups in total. The van der Waals surface area contributed by atoms with Crippen LogP contribution in [-0.2, 0) is 17.6 Å². The number of phenols is 1. The Labute approximate surface area is 183 Å². The molecule has 1 aliphatic heterocycles. The predicted octanol–water partition coefficient (Wildman–Crippen LogP) is 5.72. The molecule has 1 unspecified atom stereocenters. The fourth-order valence-corrected chi connectivity index (χ4v) is 4.03. The van der Waals surface area contributed by atoms with Crippen LogP contribution in [0.4, 0.5) is 4.39 Å². The monoisotopic (exact) mass is 441 g/mol. The van der Waals surface area contributed by atoms with Crippen molar-refractivity contribution < 1.29 is 14.3 Å². The Morgan fingerprint density at radius 3 is 2.63 bits per heavy atom. The van der Waals surface area contributed by atoms with Gasteiger partial charge in [0.25, 0.3) is 0 Å². The molecule has 1 aliphatic rings. The van der Waals surface area contributed by atoms with Crippen molar-refractivity contribution in [2.45, 2.75) is 25.8 Å². The smallest absolute Gasteiger partial charge is 0.162 e. The molecule has 0 amide bonds. The first-order valence-electron chi connectivity index (χ1n) is 9.45. The molecule has 0 saturated heterocycles. The van der Waals surface area contributed by atoms with Crippen molar-refractivity contribution in [3.05, 3.63) is 98.3 Å². The Kier molecular flexibility index (Phi) is 5.63. The van der Waals surface area contributed by atoms with E-state index in [1.54, 1.807) is 37.3 Å². The zero-order valence-electron chi connectivity index (χ0n) is 16.1. The van der Waals surface area contributed by atoms with E-state index in [2.05, 4.69) is 0 Å². The van der Waals surface area contributed by atoms with E-state index in [9.17, 15) is 14.3 Å². The highest BCUT2D eigenvalue weighted by molar-refractivity contribution is 6.32. The molecule has 30 heavy (non-hydrogen) atoms. The molecule has 4 rings (SSSR count). The van der Waals surface area contributed by atoms with Gasteiger partial charge in [0.2, 0.25) is 0 Å². The summed E-state index contributed by atoms with van der Waals surface area (Å²) >= 11 is 12.4. The number of rotatable bonds is 3. The Balaban J connectivity index is 1.85. The van der Waals surface area contributed by atoms with E-state index < -0.39 is 11.9 Å². The number of aromatic hydroxyl groups is 1. The molecule has 0 radical (unpaired) electrons. The molecule has 0 aromatic heterocycles. The number of benzene rings is 3. The molecule has 3 aromatic carbocycles. The zero-order valence-corrected chi connectivity index (χ0v) is 17.6. The summed E-state index contributed by atoms with van der Waals surface area (Å²) in [5.41, 5.74) is 4.39. The van der Waals surface area contributed by atoms with Crippen LogP contribution in [0.5, 0.6) is 5.75 Å². The van der Waals surface area contributed by atoms with Gasteiger partial charge in [-0.25, -0.2) is 4.39 Å². The fourth-order valence-electron chi connectivity index (χ4n) is 3.61. The highest BCUT2D eigenvalue weighted by Crippen LogP contribution is 2.29. The van der Waals surface area contributed by atoms with Crippen molar-refractivity contribution in [3.8, 4) is 5.75 Å². The van der Waals surface area contributed by atoms with Crippen molar-refractivity contribution in [2.75, 3.05) is 0 Å². The lowest BCUT2D eigenvalue weighted by Gasteiger charge is -2.14. The van der Waals surface area contributed by atoms with Gasteiger partial charge in [-0.2, -0.15) is 0 Å². The molecule has 6 heteroatoms. The van der Waals surface area contributed by atoms with Gasteiger partial charge in [-0.05, 0) is 66.1 Å². The van der Waals surface area contributed by atoms with E-state index in [1.807, 2.05) is 12.1 Å². The van der Waals surface area contributed by atoms with Crippen LogP contribution in [0, 0.1) is 12.7 Å². The molecular formula is C24H18Cl2FNO2. The summed E-state index contributed by atoms with van der Waals surface area (Å²) in [6, 6.07) is 14.1. The van der Waals surface area contributed by atoms with Gasteiger partial charge in [0.1, 0.15) is 17.6 Å². The van der Waals surface area contributed by atoms with Gasteiger partial charge in [0.05, 0.1) is 5.71 Å². The number of aliphatic imine (C=N–C) groups is 1. The van der Waals surface area contributed by atoms with Crippen LogP contribution < -0.4 is 0 Å². The number of nitrogens with zero attached hydrogens (tertiary/aromatic N) is 1. The number of fused-ring (bicyclic) bond motifs is 1. The first-order chi connectivity index (χ1) is 14.3. The Morgan fingerprint density at radius 1 is 1.10 bits per heavy atom. The molecule has 0 aliphatic carbocycles. The number of Topliss-reactive ketones (excluding diaryl/α,β-unsaturated/α-hetero) is 1. The molecule has 3 aromatic rings. The van der Waals surface area contributed by atoms with E-state index in [-0.39, 0.29) is 29.4 Å². The van der Waals surface area contributed by atoms with E-state index in [4.69, 9.17) is 28.2 Å². The van der Waals surface area contributed by atoms with Gasteiger partial charge in [-0.15, -0.1) is 0 Å². The summed E-state index contributed by atoms with van der Waals surface area (Å²) in [5, 5.41) is 10.7. The third kappa shape index (κ3) is 4.11. The molecule has 0 fully saturated rings. The van der Waals surface area contributed by atoms with Crippen LogP contribution >= 0.6 is 23.2 Å². The second kappa shape index (κ2) is 8.21. The average molecular weight is 442 g/mol. The van der Waals surface area contributed by atoms with Gasteiger partial charge in [-0.1, -0.05) is 35.3 Å². The largest absolute Gasteiger partial charge is 0.508 e. The molecular weight excluding hydrogens is 424 g/mol. The SMILES string of the molecule is Cc1cc(C2=NC(Cc3ccc(F)cc3Cl)C(=O)Cc3ccc(Cl)cc32)ccc1O. The van der Waals surface area contributed by atoms with E-state index in [0.717, 1.165) is 16.7 Å². The van der Waals surface area contributed by atoms with Crippen molar-refractivity contribution in [1.29, 1.82) is 0 Å². The second-order valence-electron chi connectivity index (χ2n) is 7.38. The quantitative estimate of drug-likeness (QED) is 0.564. The highest BCUT2D eigenvalue weighted by Gasteiger charge is 2.27. The summed E-state index contributed by atoms with van der Waals surface area (Å²) < 4.78 is 13.4. The highest BCUT2D eigenvalue weighted by atomic mass is 35.5. The van der Waals surface area contributed by atoms with E-state index >= 15 is 0 Å². The summed E-state index contributed by atoms with van der Waals surface area (Å²) in [6.45, 7) is 1.80. The Hall–Kier alpha value is -2.69. The standard InChI is InChI=1S/C24H18Cl2FNO2/c1-13-8-16(4-7-22(13)29)24-19-11-17(25)5-2-14(19)10-23(30)21(28-24)9-15-3-6-18(27)12-20(15)26/h2-8,11-12,21,29H,9-10H2,1H3. The summed E-state index contributed by atoms with van der Waals surface area (Å²) in [4.78, 5) is 17.9. The molecule has 1 atom stereocenters. The minimum absolute atomic E-state index is 0.0514. The summed E-state index contributed by atoms with van der Waals surface area (Å²) in [7, 11) is 0. The maximum absolute atomic E-state index is 13.4. The van der Waals surface area contributed by atoms with Crippen LogP contribution in [0.2, 0.25) is 10.0 Å². The molecule has 152 valence electrons. The minimum atomic E-state index is -0.678. The number of hydrogen-bond acceptors (Lipinski definition) is 3. The lowest BCUT2D eigenvalue weighted by atomic mass is 9.94. The third-order valence-corrected chi connectivity index (χ3v) is 5.83. The van der Waals surface area contributed by atoms with Crippen molar-refractivity contribution in [3.63, 3.8) is 0 Å². The predicted molar refractivity (Wildman–Crippen MR) is 118 cm³/mol. The average Bonchev–Trinajstić information content (AvgIpc) is 2.83. The van der Waals surface area contributed by atoms with Crippen LogP contribution in [0.1, 0.15) is 27.8 Å². The molecule has 3 nitrogen and oxygen atoms in total. The van der Waals surface area contributed by atoms with Crippen LogP contribution in [0.25, 0.3) is 0 Å². The number of halogens is 3. The van der Waals surface area contributed by atoms with Crippen molar-refractivity contribution in [1.82, 2.24) is 0 Å². The first kappa shape index (κ1) is 20.6. The van der Waals surface area contributed by atoms with Gasteiger partial charge < -0.3 is 5.11 Å². The first-order valence-corrected chi connectivity index (χ1v) is 10.2. The van der Waals surface area contributed by atoms with Crippen LogP contribution in [0.3, 0.4) is 0 Å². The zero-order chi connectivity index (χ0) is 21.4. The third-order valence-electron chi connectivity index (χ3n) is 5.25. The molecule has 0 bridgehead atoms. The number of carbonyl (C=O) groups is 1. The maximum Gasteiger partial charge on any atom is 0.162 e. The van der Waals surface area contributed by atoms with Crippen LogP contribution in [-0.4, -0.2) is 22.6 Å². The number of carbonyl (C=O) groups excluding carboxylic acids is 1. The Morgan fingerprint density at radius 2 is 1.90 bits per heavy atom. The van der Waals surface area contributed by atoms with Crippen molar-refractivity contribution in [2.24, 2.45) is 4.99 Å². The molecule has 0 spiro atoms. The van der Waals surface area contributed by atoms with Gasteiger partial charge >= 0.3 is 0 Å². The second-order valence-corrected chi connectivity index (χ2v) is 8.22. The lowest BCUT2D eigenvalue weighted by molar-refractivity contribution is -0.119. The number of ketones is 1. The summed E-state index contributed by atoms with van der Waals surface area (Å²) in [6.07, 6.45) is 0.473. The van der Waals surface area contributed by atoms with Gasteiger partial charge in [0.15, 0.2) is 5.78 Å². The van der Waals surface area contributed by atoms with Gasteiger partial charge in [-0.3, -0.25) is 9.79 Å². The fraction of sp³-hybridized carbons (Fsp3) is 0.167. The number of hydrogen-bond donors (Lipinski definition) is 1. The Bertz CT molecular complexity index is 1190. The van der Waals surface area contributed by atoms with Gasteiger partial charge in [0, 0.05) is 34.0 Å².